The van der Waals surface area contributed by atoms with Crippen molar-refractivity contribution in [3.63, 3.8) is 0 Å². The molecule has 1 saturated heterocycles. The first kappa shape index (κ1) is 25.7. The van der Waals surface area contributed by atoms with Gasteiger partial charge in [0.1, 0.15) is 6.04 Å². The molecule has 0 unspecified atom stereocenters. The molecule has 2 heterocycles. The fourth-order valence-corrected chi connectivity index (χ4v) is 4.53. The number of halogens is 1. The normalized spacial score (nSPS) is 15.8. The number of rotatable bonds is 10. The van der Waals surface area contributed by atoms with Crippen LogP contribution in [0, 0.1) is 11.3 Å². The zero-order chi connectivity index (χ0) is 25.7. The lowest BCUT2D eigenvalue weighted by Gasteiger charge is -2.21. The van der Waals surface area contributed by atoms with Gasteiger partial charge in [-0.05, 0) is 48.9 Å². The molecule has 4 rings (SSSR count). The Morgan fingerprint density at radius 1 is 1.19 bits per heavy atom. The Balaban J connectivity index is 1.63. The van der Waals surface area contributed by atoms with Gasteiger partial charge in [0.25, 0.3) is 0 Å². The molecule has 0 aliphatic carbocycles. The highest BCUT2D eigenvalue weighted by molar-refractivity contribution is 6.30. The number of benzene rings is 2. The Morgan fingerprint density at radius 2 is 1.86 bits per heavy atom. The molecular formula is C26H31ClN6O3. The SMILES string of the molecule is C[C@H](C(N)=O)n1c(NC[C@H](C(=N)c2ccc(Cl)cc2)c2ccccc2)nn(CC2CCOCC2)c1=O. The highest BCUT2D eigenvalue weighted by Crippen LogP contribution is 2.24. The first-order chi connectivity index (χ1) is 17.3. The summed E-state index contributed by atoms with van der Waals surface area (Å²) >= 11 is 6.04. The smallest absolute Gasteiger partial charge is 0.348 e. The largest absolute Gasteiger partial charge is 0.381 e. The molecule has 4 N–H and O–H groups in total. The Bertz CT molecular complexity index is 1250. The standard InChI is InChI=1S/C26H31ClN6O3/c1-17(24(29)34)33-25(31-32(26(33)35)16-18-11-13-36-14-12-18)30-15-22(19-5-3-2-4-6-19)23(28)20-7-9-21(27)10-8-20/h2-10,17-18,22,28H,11-16H2,1H3,(H2,29,34)(H,30,31)/t17-,22+/m1/s1. The lowest BCUT2D eigenvalue weighted by molar-refractivity contribution is -0.120. The molecule has 1 aliphatic heterocycles. The van der Waals surface area contributed by atoms with E-state index in [-0.39, 0.29) is 30.0 Å². The fourth-order valence-electron chi connectivity index (χ4n) is 4.41. The average Bonchev–Trinajstić information content (AvgIpc) is 3.19. The van der Waals surface area contributed by atoms with Crippen LogP contribution in [-0.4, -0.2) is 45.7 Å². The van der Waals surface area contributed by atoms with E-state index in [4.69, 9.17) is 27.5 Å². The molecule has 0 radical (unpaired) electrons. The predicted molar refractivity (Wildman–Crippen MR) is 140 cm³/mol. The molecule has 2 aromatic carbocycles. The molecule has 1 aliphatic rings. The van der Waals surface area contributed by atoms with Crippen LogP contribution in [0.25, 0.3) is 0 Å². The van der Waals surface area contributed by atoms with Crippen LogP contribution in [0.5, 0.6) is 0 Å². The minimum absolute atomic E-state index is 0.253. The number of hydrogen-bond donors (Lipinski definition) is 3. The third-order valence-electron chi connectivity index (χ3n) is 6.61. The second-order valence-electron chi connectivity index (χ2n) is 9.06. The maximum Gasteiger partial charge on any atom is 0.348 e. The van der Waals surface area contributed by atoms with Crippen molar-refractivity contribution < 1.29 is 9.53 Å². The summed E-state index contributed by atoms with van der Waals surface area (Å²) in [5, 5.41) is 17.3. The summed E-state index contributed by atoms with van der Waals surface area (Å²) in [6, 6.07) is 15.9. The summed E-state index contributed by atoms with van der Waals surface area (Å²) in [4.78, 5) is 25.3. The number of anilines is 1. The van der Waals surface area contributed by atoms with Crippen LogP contribution >= 0.6 is 11.6 Å². The minimum atomic E-state index is -0.880. The molecule has 10 heteroatoms. The number of nitrogens with zero attached hydrogens (tertiary/aromatic N) is 3. The first-order valence-electron chi connectivity index (χ1n) is 12.0. The van der Waals surface area contributed by atoms with E-state index >= 15 is 0 Å². The highest BCUT2D eigenvalue weighted by atomic mass is 35.5. The first-order valence-corrected chi connectivity index (χ1v) is 12.4. The van der Waals surface area contributed by atoms with Crippen LogP contribution < -0.4 is 16.7 Å². The maximum absolute atomic E-state index is 13.2. The van der Waals surface area contributed by atoms with E-state index in [9.17, 15) is 9.59 Å². The summed E-state index contributed by atoms with van der Waals surface area (Å²) in [6.07, 6.45) is 1.70. The van der Waals surface area contributed by atoms with Crippen LogP contribution in [0.2, 0.25) is 5.02 Å². The second-order valence-corrected chi connectivity index (χ2v) is 9.49. The van der Waals surface area contributed by atoms with Crippen molar-refractivity contribution in [2.24, 2.45) is 11.7 Å². The number of nitrogens with one attached hydrogen (secondary N) is 2. The number of carbonyl (C=O) groups is 1. The van der Waals surface area contributed by atoms with Gasteiger partial charge in [0.2, 0.25) is 11.9 Å². The van der Waals surface area contributed by atoms with Gasteiger partial charge in [0.05, 0.1) is 0 Å². The van der Waals surface area contributed by atoms with Crippen molar-refractivity contribution in [3.8, 4) is 0 Å². The number of aromatic nitrogens is 3. The Labute approximate surface area is 214 Å². The number of primary amides is 1. The third kappa shape index (κ3) is 5.85. The zero-order valence-corrected chi connectivity index (χ0v) is 20.9. The van der Waals surface area contributed by atoms with Gasteiger partial charge in [-0.25, -0.2) is 14.0 Å². The average molecular weight is 511 g/mol. The predicted octanol–water partition coefficient (Wildman–Crippen LogP) is 3.43. The summed E-state index contributed by atoms with van der Waals surface area (Å²) in [5.41, 5.74) is 7.23. The molecule has 36 heavy (non-hydrogen) atoms. The quantitative estimate of drug-likeness (QED) is 0.360. The second kappa shape index (κ2) is 11.5. The summed E-state index contributed by atoms with van der Waals surface area (Å²) in [6.45, 7) is 3.63. The van der Waals surface area contributed by atoms with Crippen LogP contribution in [0.3, 0.4) is 0 Å². The topological polar surface area (TPSA) is 128 Å². The van der Waals surface area contributed by atoms with Crippen LogP contribution in [0.4, 0.5) is 5.95 Å². The van der Waals surface area contributed by atoms with Crippen LogP contribution in [0.1, 0.15) is 42.9 Å². The maximum atomic E-state index is 13.2. The molecule has 9 nitrogen and oxygen atoms in total. The fraction of sp³-hybridized carbons (Fsp3) is 0.385. The molecule has 0 bridgehead atoms. The van der Waals surface area contributed by atoms with E-state index in [1.165, 1.54) is 9.25 Å². The summed E-state index contributed by atoms with van der Waals surface area (Å²) in [7, 11) is 0. The van der Waals surface area contributed by atoms with E-state index in [2.05, 4.69) is 10.4 Å². The van der Waals surface area contributed by atoms with Crippen molar-refractivity contribution in [2.45, 2.75) is 38.3 Å². The molecule has 1 fully saturated rings. The Hall–Kier alpha value is -3.43. The van der Waals surface area contributed by atoms with Gasteiger partial charge in [-0.2, -0.15) is 0 Å². The minimum Gasteiger partial charge on any atom is -0.381 e. The van der Waals surface area contributed by atoms with E-state index in [1.54, 1.807) is 19.1 Å². The highest BCUT2D eigenvalue weighted by Gasteiger charge is 2.26. The Kier molecular flexibility index (Phi) is 8.22. The number of nitrogens with two attached hydrogens (primary N) is 1. The molecule has 0 spiro atoms. The van der Waals surface area contributed by atoms with Crippen molar-refractivity contribution in [2.75, 3.05) is 25.1 Å². The van der Waals surface area contributed by atoms with E-state index in [0.29, 0.717) is 30.5 Å². The van der Waals surface area contributed by atoms with Gasteiger partial charge in [0, 0.05) is 43.0 Å². The van der Waals surface area contributed by atoms with Gasteiger partial charge >= 0.3 is 5.69 Å². The third-order valence-corrected chi connectivity index (χ3v) is 6.86. The van der Waals surface area contributed by atoms with Crippen molar-refractivity contribution in [3.05, 3.63) is 81.2 Å². The number of amides is 1. The zero-order valence-electron chi connectivity index (χ0n) is 20.2. The van der Waals surface area contributed by atoms with E-state index in [1.807, 2.05) is 42.5 Å². The van der Waals surface area contributed by atoms with Gasteiger partial charge in [-0.15, -0.1) is 5.10 Å². The van der Waals surface area contributed by atoms with E-state index < -0.39 is 11.9 Å². The lowest BCUT2D eigenvalue weighted by atomic mass is 9.90. The Morgan fingerprint density at radius 3 is 2.50 bits per heavy atom. The molecule has 2 atom stereocenters. The van der Waals surface area contributed by atoms with Crippen LogP contribution in [-0.2, 0) is 16.1 Å². The van der Waals surface area contributed by atoms with Crippen molar-refractivity contribution in [1.82, 2.24) is 14.3 Å². The van der Waals surface area contributed by atoms with Gasteiger partial charge in [-0.1, -0.05) is 54.1 Å². The molecule has 0 saturated carbocycles. The van der Waals surface area contributed by atoms with Crippen LogP contribution in [0.15, 0.2) is 59.4 Å². The molecule has 1 aromatic heterocycles. The number of ether oxygens (including phenoxy) is 1. The van der Waals surface area contributed by atoms with Crippen molar-refractivity contribution >= 4 is 29.2 Å². The summed E-state index contributed by atoms with van der Waals surface area (Å²) in [5.74, 6) is -0.449. The van der Waals surface area contributed by atoms with E-state index in [0.717, 1.165) is 24.0 Å². The summed E-state index contributed by atoms with van der Waals surface area (Å²) < 4.78 is 8.13. The van der Waals surface area contributed by atoms with Gasteiger partial charge < -0.3 is 21.2 Å². The molecule has 190 valence electrons. The number of hydrogen-bond acceptors (Lipinski definition) is 6. The van der Waals surface area contributed by atoms with Gasteiger partial charge in [0.15, 0.2) is 0 Å². The van der Waals surface area contributed by atoms with Crippen molar-refractivity contribution in [1.29, 1.82) is 5.41 Å². The molecular weight excluding hydrogens is 480 g/mol. The number of carbonyl (C=O) groups excluding carboxylic acids is 1. The molecule has 3 aromatic rings. The molecule has 1 amide bonds. The van der Waals surface area contributed by atoms with Gasteiger partial charge in [-0.3, -0.25) is 4.79 Å². The lowest BCUT2D eigenvalue weighted by Crippen LogP contribution is -2.35. The monoisotopic (exact) mass is 510 g/mol.